The van der Waals surface area contributed by atoms with E-state index in [1.807, 2.05) is 0 Å². The lowest BCUT2D eigenvalue weighted by molar-refractivity contribution is -0.917. The van der Waals surface area contributed by atoms with Gasteiger partial charge in [0.15, 0.2) is 6.04 Å². The molecule has 0 unspecified atom stereocenters. The zero-order valence-electron chi connectivity index (χ0n) is 11.5. The van der Waals surface area contributed by atoms with E-state index in [0.717, 1.165) is 4.90 Å². The minimum atomic E-state index is -3.43. The zero-order valence-corrected chi connectivity index (χ0v) is 12.3. The van der Waals surface area contributed by atoms with Crippen molar-refractivity contribution in [2.75, 3.05) is 26.2 Å². The number of nitrogens with zero attached hydrogens (tertiary/aromatic N) is 1. The molecule has 7 heteroatoms. The van der Waals surface area contributed by atoms with Gasteiger partial charge in [0.2, 0.25) is 10.0 Å². The molecule has 1 amide bonds. The summed E-state index contributed by atoms with van der Waals surface area (Å²) in [5.41, 5.74) is 5.29. The molecule has 1 heterocycles. The van der Waals surface area contributed by atoms with E-state index in [2.05, 4.69) is 0 Å². The number of sulfonamides is 1. The molecule has 1 atom stereocenters. The number of carbonyl (C=O) groups is 1. The van der Waals surface area contributed by atoms with Gasteiger partial charge >= 0.3 is 0 Å². The maximum absolute atomic E-state index is 12.4. The minimum absolute atomic E-state index is 0.281. The van der Waals surface area contributed by atoms with Crippen molar-refractivity contribution in [3.63, 3.8) is 0 Å². The molecule has 1 aromatic rings. The first-order valence-corrected chi connectivity index (χ1v) is 8.06. The third-order valence-corrected chi connectivity index (χ3v) is 5.70. The number of quaternary nitrogens is 1. The van der Waals surface area contributed by atoms with Crippen LogP contribution in [-0.4, -0.2) is 50.9 Å². The van der Waals surface area contributed by atoms with Gasteiger partial charge in [-0.3, -0.25) is 4.79 Å². The highest BCUT2D eigenvalue weighted by Gasteiger charge is 2.33. The number of benzene rings is 1. The van der Waals surface area contributed by atoms with Crippen molar-refractivity contribution in [1.29, 1.82) is 0 Å². The summed E-state index contributed by atoms with van der Waals surface area (Å²) in [6.45, 7) is 3.78. The van der Waals surface area contributed by atoms with E-state index in [-0.39, 0.29) is 11.9 Å². The summed E-state index contributed by atoms with van der Waals surface area (Å²) in [6, 6.07) is 8.13. The molecule has 1 aromatic carbocycles. The van der Waals surface area contributed by atoms with Crippen LogP contribution in [0.4, 0.5) is 0 Å². The summed E-state index contributed by atoms with van der Waals surface area (Å²) >= 11 is 0. The van der Waals surface area contributed by atoms with Crippen molar-refractivity contribution < 1.29 is 18.1 Å². The topological polar surface area (TPSA) is 84.9 Å². The molecule has 0 aromatic heterocycles. The predicted molar refractivity (Wildman–Crippen MR) is 74.6 cm³/mol. The van der Waals surface area contributed by atoms with Gasteiger partial charge in [-0.15, -0.1) is 0 Å². The van der Waals surface area contributed by atoms with Crippen LogP contribution < -0.4 is 10.6 Å². The number of hydrogen-bond donors (Lipinski definition) is 2. The fourth-order valence-electron chi connectivity index (χ4n) is 2.39. The Labute approximate surface area is 119 Å². The lowest BCUT2D eigenvalue weighted by Crippen LogP contribution is -3.19. The number of rotatable bonds is 4. The first-order valence-electron chi connectivity index (χ1n) is 6.62. The van der Waals surface area contributed by atoms with Gasteiger partial charge in [0.25, 0.3) is 5.91 Å². The van der Waals surface area contributed by atoms with Gasteiger partial charge in [0.05, 0.1) is 31.1 Å². The van der Waals surface area contributed by atoms with Crippen LogP contribution in [-0.2, 0) is 14.8 Å². The largest absolute Gasteiger partial charge is 0.365 e. The standard InChI is InChI=1S/C13H19N3O3S/c1-11(13(14)17)15-7-9-16(10-8-15)20(18,19)12-5-3-2-4-6-12/h2-6,11H,7-10H2,1H3,(H2,14,17)/p+1/t11-/m1/s1. The van der Waals surface area contributed by atoms with E-state index in [4.69, 9.17) is 5.73 Å². The first kappa shape index (κ1) is 15.0. The molecule has 0 saturated carbocycles. The van der Waals surface area contributed by atoms with Gasteiger partial charge in [-0.25, -0.2) is 8.42 Å². The van der Waals surface area contributed by atoms with Crippen LogP contribution in [0.3, 0.4) is 0 Å². The number of amides is 1. The number of nitrogens with one attached hydrogen (secondary N) is 1. The van der Waals surface area contributed by atoms with Crippen LogP contribution in [0.25, 0.3) is 0 Å². The van der Waals surface area contributed by atoms with Crippen molar-refractivity contribution in [3.05, 3.63) is 30.3 Å². The lowest BCUT2D eigenvalue weighted by Gasteiger charge is -2.33. The summed E-state index contributed by atoms with van der Waals surface area (Å²) in [7, 11) is -3.43. The molecule has 6 nitrogen and oxygen atoms in total. The van der Waals surface area contributed by atoms with Gasteiger partial charge in [0.1, 0.15) is 0 Å². The molecule has 2 rings (SSSR count). The minimum Gasteiger partial charge on any atom is -0.365 e. The first-order chi connectivity index (χ1) is 9.43. The molecule has 3 N–H and O–H groups in total. The molecule has 110 valence electrons. The average Bonchev–Trinajstić information content (AvgIpc) is 2.47. The Balaban J connectivity index is 2.06. The van der Waals surface area contributed by atoms with Crippen molar-refractivity contribution in [1.82, 2.24) is 4.31 Å². The number of primary amides is 1. The molecule has 0 spiro atoms. The molecule has 0 aliphatic carbocycles. The second-order valence-corrected chi connectivity index (χ2v) is 6.94. The van der Waals surface area contributed by atoms with Crippen LogP contribution >= 0.6 is 0 Å². The Morgan fingerprint density at radius 3 is 2.30 bits per heavy atom. The molecule has 20 heavy (non-hydrogen) atoms. The Morgan fingerprint density at radius 1 is 1.25 bits per heavy atom. The maximum atomic E-state index is 12.4. The van der Waals surface area contributed by atoms with Crippen LogP contribution in [0.1, 0.15) is 6.92 Å². The van der Waals surface area contributed by atoms with Crippen LogP contribution in [0, 0.1) is 0 Å². The van der Waals surface area contributed by atoms with E-state index in [1.165, 1.54) is 4.31 Å². The average molecular weight is 298 g/mol. The predicted octanol–water partition coefficient (Wildman–Crippen LogP) is -1.55. The molecule has 0 radical (unpaired) electrons. The highest BCUT2D eigenvalue weighted by Crippen LogP contribution is 2.14. The van der Waals surface area contributed by atoms with Gasteiger partial charge < -0.3 is 10.6 Å². The summed E-state index contributed by atoms with van der Waals surface area (Å²) in [5, 5.41) is 0. The third-order valence-electron chi connectivity index (χ3n) is 3.78. The smallest absolute Gasteiger partial charge is 0.275 e. The Kier molecular flexibility index (Phi) is 4.42. The summed E-state index contributed by atoms with van der Waals surface area (Å²) in [6.07, 6.45) is 0. The van der Waals surface area contributed by atoms with E-state index in [1.54, 1.807) is 37.3 Å². The van der Waals surface area contributed by atoms with Crippen LogP contribution in [0.15, 0.2) is 35.2 Å². The summed E-state index contributed by atoms with van der Waals surface area (Å²) in [4.78, 5) is 12.5. The number of piperazine rings is 1. The van der Waals surface area contributed by atoms with E-state index < -0.39 is 10.0 Å². The van der Waals surface area contributed by atoms with Gasteiger partial charge in [-0.2, -0.15) is 4.31 Å². The van der Waals surface area contributed by atoms with E-state index >= 15 is 0 Å². The lowest BCUT2D eigenvalue weighted by atomic mass is 10.2. The molecule has 1 aliphatic heterocycles. The number of nitrogens with two attached hydrogens (primary N) is 1. The van der Waals surface area contributed by atoms with Gasteiger partial charge in [-0.1, -0.05) is 18.2 Å². The SMILES string of the molecule is C[C@H](C(N)=O)[NH+]1CCN(S(=O)(=O)c2ccccc2)CC1. The van der Waals surface area contributed by atoms with Crippen LogP contribution in [0.2, 0.25) is 0 Å². The highest BCUT2D eigenvalue weighted by molar-refractivity contribution is 7.89. The zero-order chi connectivity index (χ0) is 14.8. The molecule has 0 bridgehead atoms. The molecule has 1 saturated heterocycles. The Bertz CT molecular complexity index is 566. The second-order valence-electron chi connectivity index (χ2n) is 5.00. The van der Waals surface area contributed by atoms with Crippen molar-refractivity contribution in [2.45, 2.75) is 17.9 Å². The quantitative estimate of drug-likeness (QED) is 0.706. The number of hydrogen-bond acceptors (Lipinski definition) is 3. The molecular weight excluding hydrogens is 278 g/mol. The van der Waals surface area contributed by atoms with Crippen molar-refractivity contribution in [3.8, 4) is 0 Å². The molecule has 1 aliphatic rings. The van der Waals surface area contributed by atoms with E-state index in [0.29, 0.717) is 31.1 Å². The van der Waals surface area contributed by atoms with Crippen molar-refractivity contribution in [2.24, 2.45) is 5.73 Å². The van der Waals surface area contributed by atoms with E-state index in [9.17, 15) is 13.2 Å². The summed E-state index contributed by atoms with van der Waals surface area (Å²) in [5.74, 6) is -0.348. The fourth-order valence-corrected chi connectivity index (χ4v) is 3.85. The number of carbonyl (C=O) groups excluding carboxylic acids is 1. The second kappa shape index (κ2) is 5.90. The van der Waals surface area contributed by atoms with Gasteiger partial charge in [0, 0.05) is 0 Å². The third kappa shape index (κ3) is 3.00. The Morgan fingerprint density at radius 2 is 1.80 bits per heavy atom. The maximum Gasteiger partial charge on any atom is 0.275 e. The fraction of sp³-hybridized carbons (Fsp3) is 0.462. The monoisotopic (exact) mass is 298 g/mol. The Hall–Kier alpha value is -1.44. The molecular formula is C13H20N3O3S+. The normalized spacial score (nSPS) is 19.6. The van der Waals surface area contributed by atoms with Crippen molar-refractivity contribution >= 4 is 15.9 Å². The summed E-state index contributed by atoms with van der Waals surface area (Å²) < 4.78 is 26.3. The van der Waals surface area contributed by atoms with Gasteiger partial charge in [-0.05, 0) is 19.1 Å². The highest BCUT2D eigenvalue weighted by atomic mass is 32.2. The molecule has 1 fully saturated rings. The van der Waals surface area contributed by atoms with Crippen LogP contribution in [0.5, 0.6) is 0 Å².